The summed E-state index contributed by atoms with van der Waals surface area (Å²) in [6.07, 6.45) is 1.16. The van der Waals surface area contributed by atoms with E-state index in [1.54, 1.807) is 0 Å². The van der Waals surface area contributed by atoms with Crippen LogP contribution in [0, 0.1) is 17.2 Å². The average Bonchev–Trinajstić information content (AvgIpc) is 2.12. The molecule has 0 aliphatic carbocycles. The van der Waals surface area contributed by atoms with Crippen LogP contribution in [0.1, 0.15) is 20.3 Å². The minimum atomic E-state index is 0.143. The van der Waals surface area contributed by atoms with Gasteiger partial charge in [0, 0.05) is 6.54 Å². The lowest BCUT2D eigenvalue weighted by atomic mass is 10.2. The van der Waals surface area contributed by atoms with Crippen LogP contribution in [0.5, 0.6) is 0 Å². The zero-order chi connectivity index (χ0) is 10.1. The Kier molecular flexibility index (Phi) is 7.66. The van der Waals surface area contributed by atoms with E-state index in [1.165, 1.54) is 0 Å². The third-order valence-corrected chi connectivity index (χ3v) is 1.95. The van der Waals surface area contributed by atoms with Gasteiger partial charge in [-0.1, -0.05) is 6.92 Å². The number of nitrogens with one attached hydrogen (secondary N) is 1. The van der Waals surface area contributed by atoms with E-state index >= 15 is 0 Å². The molecular weight excluding hydrogens is 162 g/mol. The van der Waals surface area contributed by atoms with Crippen molar-refractivity contribution in [1.82, 2.24) is 10.2 Å². The maximum atomic E-state index is 8.60. The second-order valence-electron chi connectivity index (χ2n) is 3.50. The first kappa shape index (κ1) is 12.4. The summed E-state index contributed by atoms with van der Waals surface area (Å²) >= 11 is 0. The van der Waals surface area contributed by atoms with Gasteiger partial charge in [0.05, 0.1) is 12.0 Å². The summed E-state index contributed by atoms with van der Waals surface area (Å²) in [5.74, 6) is 0.143. The molecule has 13 heavy (non-hydrogen) atoms. The van der Waals surface area contributed by atoms with Crippen molar-refractivity contribution in [1.29, 1.82) is 5.26 Å². The second-order valence-corrected chi connectivity index (χ2v) is 3.50. The maximum absolute atomic E-state index is 8.60. The Hall–Kier alpha value is -0.590. The van der Waals surface area contributed by atoms with Crippen LogP contribution in [0.3, 0.4) is 0 Å². The van der Waals surface area contributed by atoms with E-state index in [4.69, 9.17) is 5.26 Å². The Morgan fingerprint density at radius 3 is 2.77 bits per heavy atom. The molecule has 0 aliphatic heterocycles. The van der Waals surface area contributed by atoms with Gasteiger partial charge in [-0.05, 0) is 40.0 Å². The molecule has 0 saturated heterocycles. The summed E-state index contributed by atoms with van der Waals surface area (Å²) in [5.41, 5.74) is 0. The van der Waals surface area contributed by atoms with Crippen LogP contribution < -0.4 is 5.32 Å². The van der Waals surface area contributed by atoms with E-state index in [0.29, 0.717) is 0 Å². The van der Waals surface area contributed by atoms with Crippen molar-refractivity contribution in [3.05, 3.63) is 0 Å². The summed E-state index contributed by atoms with van der Waals surface area (Å²) < 4.78 is 0. The first-order valence-electron chi connectivity index (χ1n) is 4.99. The van der Waals surface area contributed by atoms with Gasteiger partial charge in [0.25, 0.3) is 0 Å². The molecule has 1 N–H and O–H groups in total. The van der Waals surface area contributed by atoms with E-state index < -0.39 is 0 Å². The molecule has 0 aliphatic rings. The number of nitrogens with zero attached hydrogens (tertiary/aromatic N) is 2. The third-order valence-electron chi connectivity index (χ3n) is 1.95. The monoisotopic (exact) mass is 183 g/mol. The molecule has 0 aromatic heterocycles. The molecule has 0 radical (unpaired) electrons. The van der Waals surface area contributed by atoms with Crippen LogP contribution in [0.25, 0.3) is 0 Å². The molecule has 0 spiro atoms. The first-order chi connectivity index (χ1) is 6.20. The van der Waals surface area contributed by atoms with Gasteiger partial charge in [-0.3, -0.25) is 0 Å². The molecule has 0 saturated carbocycles. The summed E-state index contributed by atoms with van der Waals surface area (Å²) in [6, 6.07) is 2.24. The quantitative estimate of drug-likeness (QED) is 0.600. The topological polar surface area (TPSA) is 39.1 Å². The van der Waals surface area contributed by atoms with Crippen molar-refractivity contribution < 1.29 is 0 Å². The van der Waals surface area contributed by atoms with Crippen molar-refractivity contribution in [3.8, 4) is 6.07 Å². The molecular formula is C10H21N3. The van der Waals surface area contributed by atoms with Crippen molar-refractivity contribution >= 4 is 0 Å². The highest BCUT2D eigenvalue weighted by molar-refractivity contribution is 4.80. The van der Waals surface area contributed by atoms with Crippen molar-refractivity contribution in [2.24, 2.45) is 5.92 Å². The largest absolute Gasteiger partial charge is 0.317 e. The standard InChI is InChI=1S/C10H21N3/c1-4-12-6-5-7-13(3)9-10(2)8-11/h10,12H,4-7,9H2,1-3H3. The molecule has 0 aromatic carbocycles. The smallest absolute Gasteiger partial charge is 0.0666 e. The highest BCUT2D eigenvalue weighted by Gasteiger charge is 2.03. The Morgan fingerprint density at radius 2 is 2.23 bits per heavy atom. The van der Waals surface area contributed by atoms with Gasteiger partial charge < -0.3 is 10.2 Å². The fourth-order valence-corrected chi connectivity index (χ4v) is 1.25. The summed E-state index contributed by atoms with van der Waals surface area (Å²) in [6.45, 7) is 8.13. The normalized spacial score (nSPS) is 12.8. The van der Waals surface area contributed by atoms with Crippen LogP contribution in [-0.2, 0) is 0 Å². The van der Waals surface area contributed by atoms with Crippen molar-refractivity contribution in [2.75, 3.05) is 33.2 Å². The molecule has 3 nitrogen and oxygen atoms in total. The molecule has 0 rings (SSSR count). The van der Waals surface area contributed by atoms with E-state index in [9.17, 15) is 0 Å². The van der Waals surface area contributed by atoms with Gasteiger partial charge in [0.2, 0.25) is 0 Å². The summed E-state index contributed by atoms with van der Waals surface area (Å²) in [7, 11) is 2.07. The lowest BCUT2D eigenvalue weighted by Crippen LogP contribution is -2.27. The predicted molar refractivity (Wildman–Crippen MR) is 55.4 cm³/mol. The lowest BCUT2D eigenvalue weighted by molar-refractivity contribution is 0.305. The Labute approximate surface area is 81.7 Å². The minimum Gasteiger partial charge on any atom is -0.317 e. The fraction of sp³-hybridized carbons (Fsp3) is 0.900. The maximum Gasteiger partial charge on any atom is 0.0666 e. The van der Waals surface area contributed by atoms with Gasteiger partial charge in [0.15, 0.2) is 0 Å². The highest BCUT2D eigenvalue weighted by atomic mass is 15.1. The van der Waals surface area contributed by atoms with Gasteiger partial charge in [-0.15, -0.1) is 0 Å². The molecule has 1 atom stereocenters. The molecule has 1 unspecified atom stereocenters. The van der Waals surface area contributed by atoms with E-state index in [2.05, 4.69) is 30.3 Å². The van der Waals surface area contributed by atoms with Crippen LogP contribution >= 0.6 is 0 Å². The minimum absolute atomic E-state index is 0.143. The SMILES string of the molecule is CCNCCCN(C)CC(C)C#N. The second kappa shape index (κ2) is 8.03. The van der Waals surface area contributed by atoms with Crippen LogP contribution in [0.2, 0.25) is 0 Å². The van der Waals surface area contributed by atoms with Gasteiger partial charge in [0.1, 0.15) is 0 Å². The fourth-order valence-electron chi connectivity index (χ4n) is 1.25. The lowest BCUT2D eigenvalue weighted by Gasteiger charge is -2.17. The highest BCUT2D eigenvalue weighted by Crippen LogP contribution is 1.96. The summed E-state index contributed by atoms with van der Waals surface area (Å²) in [5, 5.41) is 11.9. The van der Waals surface area contributed by atoms with Crippen molar-refractivity contribution in [3.63, 3.8) is 0 Å². The number of nitriles is 1. The van der Waals surface area contributed by atoms with Crippen LogP contribution in [0.4, 0.5) is 0 Å². The number of hydrogen-bond donors (Lipinski definition) is 1. The van der Waals surface area contributed by atoms with E-state index in [0.717, 1.165) is 32.6 Å². The predicted octanol–water partition coefficient (Wildman–Crippen LogP) is 1.08. The zero-order valence-electron chi connectivity index (χ0n) is 9.01. The van der Waals surface area contributed by atoms with Crippen LogP contribution in [-0.4, -0.2) is 38.1 Å². The van der Waals surface area contributed by atoms with Crippen LogP contribution in [0.15, 0.2) is 0 Å². The van der Waals surface area contributed by atoms with Gasteiger partial charge >= 0.3 is 0 Å². The van der Waals surface area contributed by atoms with E-state index in [-0.39, 0.29) is 5.92 Å². The average molecular weight is 183 g/mol. The molecule has 0 amide bonds. The van der Waals surface area contributed by atoms with Gasteiger partial charge in [-0.2, -0.15) is 5.26 Å². The van der Waals surface area contributed by atoms with Crippen molar-refractivity contribution in [2.45, 2.75) is 20.3 Å². The molecule has 0 bridgehead atoms. The number of hydrogen-bond acceptors (Lipinski definition) is 3. The zero-order valence-corrected chi connectivity index (χ0v) is 9.01. The molecule has 0 fully saturated rings. The molecule has 0 aromatic rings. The summed E-state index contributed by atoms with van der Waals surface area (Å²) in [4.78, 5) is 2.21. The van der Waals surface area contributed by atoms with E-state index in [1.807, 2.05) is 6.92 Å². The Morgan fingerprint density at radius 1 is 1.54 bits per heavy atom. The Bertz CT molecular complexity index is 151. The first-order valence-corrected chi connectivity index (χ1v) is 4.99. The van der Waals surface area contributed by atoms with Gasteiger partial charge in [-0.25, -0.2) is 0 Å². The molecule has 76 valence electrons. The Balaban J connectivity index is 3.30. The third kappa shape index (κ3) is 7.76. The molecule has 0 heterocycles. The number of rotatable bonds is 7. The molecule has 3 heteroatoms.